The van der Waals surface area contributed by atoms with Gasteiger partial charge in [-0.3, -0.25) is 4.79 Å². The molecule has 1 rings (SSSR count). The SMILES string of the molecule is O=Cc1ccc(S(=O)(=O)Cl)c(F)c1. The Balaban J connectivity index is 3.37. The van der Waals surface area contributed by atoms with E-state index in [2.05, 4.69) is 0 Å². The molecule has 0 amide bonds. The fourth-order valence-corrected chi connectivity index (χ4v) is 1.69. The van der Waals surface area contributed by atoms with Crippen molar-refractivity contribution in [2.45, 2.75) is 4.90 Å². The Bertz CT molecular complexity index is 441. The highest BCUT2D eigenvalue weighted by Gasteiger charge is 2.15. The van der Waals surface area contributed by atoms with E-state index in [-0.39, 0.29) is 5.56 Å². The topological polar surface area (TPSA) is 51.2 Å². The first-order valence-corrected chi connectivity index (χ1v) is 5.45. The molecule has 13 heavy (non-hydrogen) atoms. The maximum Gasteiger partial charge on any atom is 0.264 e. The van der Waals surface area contributed by atoms with Gasteiger partial charge in [0.1, 0.15) is 17.0 Å². The Hall–Kier alpha value is -0.940. The molecule has 0 N–H and O–H groups in total. The molecule has 0 heterocycles. The van der Waals surface area contributed by atoms with Gasteiger partial charge in [-0.2, -0.15) is 0 Å². The van der Waals surface area contributed by atoms with Gasteiger partial charge < -0.3 is 0 Å². The molecule has 1 aromatic rings. The summed E-state index contributed by atoms with van der Waals surface area (Å²) >= 11 is 0. The molecule has 0 unspecified atom stereocenters. The molecule has 0 aromatic heterocycles. The summed E-state index contributed by atoms with van der Waals surface area (Å²) in [6, 6.07) is 2.93. The largest absolute Gasteiger partial charge is 0.298 e. The summed E-state index contributed by atoms with van der Waals surface area (Å²) in [6.07, 6.45) is 0.410. The summed E-state index contributed by atoms with van der Waals surface area (Å²) in [6.45, 7) is 0. The zero-order valence-corrected chi connectivity index (χ0v) is 7.77. The van der Waals surface area contributed by atoms with Crippen LogP contribution in [-0.4, -0.2) is 14.7 Å². The molecule has 0 spiro atoms. The minimum atomic E-state index is -4.08. The number of halogens is 2. The van der Waals surface area contributed by atoms with Gasteiger partial charge >= 0.3 is 0 Å². The van der Waals surface area contributed by atoms with E-state index in [9.17, 15) is 17.6 Å². The van der Waals surface area contributed by atoms with Gasteiger partial charge in [0, 0.05) is 16.2 Å². The standard InChI is InChI=1S/C7H4ClFO3S/c8-13(11,12)7-2-1-5(4-10)3-6(7)9/h1-4H. The highest BCUT2D eigenvalue weighted by atomic mass is 35.7. The van der Waals surface area contributed by atoms with Crippen LogP contribution < -0.4 is 0 Å². The fraction of sp³-hybridized carbons (Fsp3) is 0. The Kier molecular flexibility index (Phi) is 2.68. The van der Waals surface area contributed by atoms with Gasteiger partial charge in [-0.15, -0.1) is 0 Å². The van der Waals surface area contributed by atoms with E-state index in [1.807, 2.05) is 0 Å². The number of benzene rings is 1. The molecule has 70 valence electrons. The number of carbonyl (C=O) groups is 1. The maximum atomic E-state index is 12.9. The van der Waals surface area contributed by atoms with Gasteiger partial charge in [0.25, 0.3) is 9.05 Å². The number of rotatable bonds is 2. The summed E-state index contributed by atoms with van der Waals surface area (Å²) in [5, 5.41) is 0. The summed E-state index contributed by atoms with van der Waals surface area (Å²) in [5.41, 5.74) is 0.0570. The van der Waals surface area contributed by atoms with Crippen LogP contribution in [0.25, 0.3) is 0 Å². The summed E-state index contributed by atoms with van der Waals surface area (Å²) < 4.78 is 34.3. The Labute approximate surface area is 78.6 Å². The smallest absolute Gasteiger partial charge is 0.264 e. The van der Waals surface area contributed by atoms with Crippen molar-refractivity contribution >= 4 is 26.0 Å². The van der Waals surface area contributed by atoms with Gasteiger partial charge in [0.2, 0.25) is 0 Å². The number of hydrogen-bond acceptors (Lipinski definition) is 3. The van der Waals surface area contributed by atoms with E-state index >= 15 is 0 Å². The van der Waals surface area contributed by atoms with E-state index in [0.717, 1.165) is 12.1 Å². The van der Waals surface area contributed by atoms with Crippen LogP contribution in [0.15, 0.2) is 23.1 Å². The van der Waals surface area contributed by atoms with Crippen molar-refractivity contribution in [3.63, 3.8) is 0 Å². The molecule has 0 aliphatic heterocycles. The maximum absolute atomic E-state index is 12.9. The van der Waals surface area contributed by atoms with E-state index in [1.54, 1.807) is 0 Å². The summed E-state index contributed by atoms with van der Waals surface area (Å²) in [7, 11) is 0.826. The fourth-order valence-electron chi connectivity index (χ4n) is 0.788. The second-order valence-electron chi connectivity index (χ2n) is 2.25. The van der Waals surface area contributed by atoms with Gasteiger partial charge in [-0.1, -0.05) is 6.07 Å². The molecule has 0 aliphatic carbocycles. The monoisotopic (exact) mass is 222 g/mol. The van der Waals surface area contributed by atoms with E-state index in [4.69, 9.17) is 10.7 Å². The summed E-state index contributed by atoms with van der Waals surface area (Å²) in [5.74, 6) is -1.03. The number of carbonyl (C=O) groups excluding carboxylic acids is 1. The highest BCUT2D eigenvalue weighted by molar-refractivity contribution is 8.13. The average Bonchev–Trinajstić information content (AvgIpc) is 2.01. The van der Waals surface area contributed by atoms with Crippen LogP contribution in [0.4, 0.5) is 4.39 Å². The lowest BCUT2D eigenvalue weighted by molar-refractivity contribution is 0.112. The first-order chi connectivity index (χ1) is 5.95. The second kappa shape index (κ2) is 3.43. The van der Waals surface area contributed by atoms with E-state index in [1.165, 1.54) is 6.07 Å². The Morgan fingerprint density at radius 3 is 2.38 bits per heavy atom. The number of hydrogen-bond donors (Lipinski definition) is 0. The first-order valence-electron chi connectivity index (χ1n) is 3.14. The highest BCUT2D eigenvalue weighted by Crippen LogP contribution is 2.19. The van der Waals surface area contributed by atoms with Crippen LogP contribution in [0.3, 0.4) is 0 Å². The van der Waals surface area contributed by atoms with Crippen LogP contribution >= 0.6 is 10.7 Å². The molecule has 0 bridgehead atoms. The quantitative estimate of drug-likeness (QED) is 0.564. The van der Waals surface area contributed by atoms with Crippen molar-refractivity contribution < 1.29 is 17.6 Å². The van der Waals surface area contributed by atoms with Crippen molar-refractivity contribution in [2.24, 2.45) is 0 Å². The van der Waals surface area contributed by atoms with Crippen LogP contribution in [0.5, 0.6) is 0 Å². The summed E-state index contributed by atoms with van der Waals surface area (Å²) in [4.78, 5) is 9.55. The third kappa shape index (κ3) is 2.26. The predicted molar refractivity (Wildman–Crippen MR) is 44.8 cm³/mol. The van der Waals surface area contributed by atoms with E-state index in [0.29, 0.717) is 6.29 Å². The first kappa shape index (κ1) is 10.1. The Morgan fingerprint density at radius 2 is 2.00 bits per heavy atom. The Morgan fingerprint density at radius 1 is 1.38 bits per heavy atom. The molecule has 0 saturated carbocycles. The average molecular weight is 223 g/mol. The molecule has 0 saturated heterocycles. The normalized spacial score (nSPS) is 11.2. The molecule has 0 aliphatic rings. The van der Waals surface area contributed by atoms with Crippen LogP contribution in [0.2, 0.25) is 0 Å². The van der Waals surface area contributed by atoms with Crippen LogP contribution in [0.1, 0.15) is 10.4 Å². The van der Waals surface area contributed by atoms with Crippen molar-refractivity contribution in [1.82, 2.24) is 0 Å². The third-order valence-corrected chi connectivity index (χ3v) is 2.71. The lowest BCUT2D eigenvalue weighted by atomic mass is 10.2. The molecular weight excluding hydrogens is 219 g/mol. The van der Waals surface area contributed by atoms with Crippen molar-refractivity contribution in [3.05, 3.63) is 29.6 Å². The van der Waals surface area contributed by atoms with Gasteiger partial charge in [-0.25, -0.2) is 12.8 Å². The molecule has 1 aromatic carbocycles. The van der Waals surface area contributed by atoms with Gasteiger partial charge in [-0.05, 0) is 12.1 Å². The van der Waals surface area contributed by atoms with E-state index < -0.39 is 19.8 Å². The zero-order valence-electron chi connectivity index (χ0n) is 6.20. The molecular formula is C7H4ClFO3S. The van der Waals surface area contributed by atoms with Crippen LogP contribution in [0, 0.1) is 5.82 Å². The zero-order chi connectivity index (χ0) is 10.1. The van der Waals surface area contributed by atoms with Crippen molar-refractivity contribution in [2.75, 3.05) is 0 Å². The number of aldehydes is 1. The van der Waals surface area contributed by atoms with Crippen molar-refractivity contribution in [1.29, 1.82) is 0 Å². The van der Waals surface area contributed by atoms with Crippen molar-refractivity contribution in [3.8, 4) is 0 Å². The minimum Gasteiger partial charge on any atom is -0.298 e. The van der Waals surface area contributed by atoms with Gasteiger partial charge in [0.05, 0.1) is 0 Å². The second-order valence-corrected chi connectivity index (χ2v) is 4.78. The van der Waals surface area contributed by atoms with Crippen LogP contribution in [-0.2, 0) is 9.05 Å². The minimum absolute atomic E-state index is 0.0570. The predicted octanol–water partition coefficient (Wildman–Crippen LogP) is 1.57. The molecule has 6 heteroatoms. The lowest BCUT2D eigenvalue weighted by Gasteiger charge is -1.98. The molecule has 0 radical (unpaired) electrons. The molecule has 3 nitrogen and oxygen atoms in total. The molecule has 0 atom stereocenters. The van der Waals surface area contributed by atoms with Gasteiger partial charge in [0.15, 0.2) is 0 Å². The lowest BCUT2D eigenvalue weighted by Crippen LogP contribution is -1.96. The molecule has 0 fully saturated rings. The third-order valence-electron chi connectivity index (χ3n) is 1.35.